The van der Waals surface area contributed by atoms with Gasteiger partial charge in [-0.15, -0.1) is 0 Å². The molecule has 0 aliphatic heterocycles. The highest BCUT2D eigenvalue weighted by molar-refractivity contribution is 9.10. The Bertz CT molecular complexity index is 435. The van der Waals surface area contributed by atoms with Gasteiger partial charge in [0.25, 0.3) is 5.95 Å². The highest BCUT2D eigenvalue weighted by atomic mass is 79.9. The third-order valence-corrected chi connectivity index (χ3v) is 2.82. The van der Waals surface area contributed by atoms with Gasteiger partial charge in [0, 0.05) is 12.4 Å². The zero-order chi connectivity index (χ0) is 14.1. The van der Waals surface area contributed by atoms with Gasteiger partial charge in [0.1, 0.15) is 5.82 Å². The molecule has 2 aromatic rings. The van der Waals surface area contributed by atoms with Crippen molar-refractivity contribution in [2.45, 2.75) is 27.7 Å². The van der Waals surface area contributed by atoms with E-state index in [0.717, 1.165) is 0 Å². The van der Waals surface area contributed by atoms with E-state index in [1.54, 1.807) is 18.5 Å². The highest BCUT2D eigenvalue weighted by Gasteiger charge is 2.09. The second kappa shape index (κ2) is 8.88. The van der Waals surface area contributed by atoms with Crippen LogP contribution in [0.3, 0.4) is 0 Å². The predicted molar refractivity (Wildman–Crippen MR) is 79.0 cm³/mol. The van der Waals surface area contributed by atoms with Gasteiger partial charge in [-0.1, -0.05) is 39.3 Å². The van der Waals surface area contributed by atoms with Gasteiger partial charge in [-0.3, -0.25) is 0 Å². The second-order valence-corrected chi connectivity index (χ2v) is 3.62. The largest absolute Gasteiger partial charge is 0.383 e. The number of nitrogens with zero attached hydrogens (tertiary/aromatic N) is 4. The summed E-state index contributed by atoms with van der Waals surface area (Å²) in [6, 6.07) is 1.76. The first-order valence-electron chi connectivity index (χ1n) is 5.67. The maximum atomic E-state index is 5.82. The Hall–Kier alpha value is -1.14. The minimum absolute atomic E-state index is 0.267. The molecule has 0 saturated carbocycles. The average molecular weight is 335 g/mol. The molecule has 2 N–H and O–H groups in total. The summed E-state index contributed by atoms with van der Waals surface area (Å²) in [7, 11) is 0. The SMILES string of the molecule is CC.CC.Nc1nc(-n2cccn2)nc(Cl)c1Br. The van der Waals surface area contributed by atoms with E-state index in [1.165, 1.54) is 4.68 Å². The lowest BCUT2D eigenvalue weighted by Crippen LogP contribution is -2.05. The van der Waals surface area contributed by atoms with E-state index in [0.29, 0.717) is 10.4 Å². The van der Waals surface area contributed by atoms with Crippen molar-refractivity contribution >= 4 is 33.3 Å². The molecule has 7 heteroatoms. The van der Waals surface area contributed by atoms with Crippen molar-refractivity contribution < 1.29 is 0 Å². The summed E-state index contributed by atoms with van der Waals surface area (Å²) < 4.78 is 1.98. The smallest absolute Gasteiger partial charge is 0.253 e. The molecule has 0 spiro atoms. The molecule has 2 rings (SSSR count). The number of anilines is 1. The summed E-state index contributed by atoms with van der Waals surface area (Å²) in [4.78, 5) is 8.02. The van der Waals surface area contributed by atoms with Crippen molar-refractivity contribution in [3.8, 4) is 5.95 Å². The highest BCUT2D eigenvalue weighted by Crippen LogP contribution is 2.25. The molecule has 5 nitrogen and oxygen atoms in total. The molecule has 0 fully saturated rings. The summed E-state index contributed by atoms with van der Waals surface area (Å²) in [5, 5.41) is 4.23. The van der Waals surface area contributed by atoms with Crippen LogP contribution in [0.1, 0.15) is 27.7 Å². The first kappa shape index (κ1) is 16.9. The minimum atomic E-state index is 0.267. The van der Waals surface area contributed by atoms with E-state index < -0.39 is 0 Å². The topological polar surface area (TPSA) is 69.6 Å². The zero-order valence-electron chi connectivity index (χ0n) is 10.9. The molecule has 0 saturated heterocycles. The summed E-state index contributed by atoms with van der Waals surface area (Å²) in [5.74, 6) is 0.635. The maximum Gasteiger partial charge on any atom is 0.253 e. The van der Waals surface area contributed by atoms with E-state index in [2.05, 4.69) is 31.0 Å². The molecule has 2 aromatic heterocycles. The molecular formula is C11H17BrClN5. The molecule has 0 aliphatic carbocycles. The summed E-state index contributed by atoms with van der Waals surface area (Å²) in [6.07, 6.45) is 3.33. The zero-order valence-corrected chi connectivity index (χ0v) is 13.2. The molecule has 0 radical (unpaired) electrons. The lowest BCUT2D eigenvalue weighted by atomic mass is 10.6. The third-order valence-electron chi connectivity index (χ3n) is 1.53. The quantitative estimate of drug-likeness (QED) is 0.807. The normalized spacial score (nSPS) is 8.78. The van der Waals surface area contributed by atoms with Gasteiger partial charge in [-0.05, 0) is 22.0 Å². The molecule has 100 valence electrons. The first-order valence-corrected chi connectivity index (χ1v) is 6.84. The number of nitrogens with two attached hydrogens (primary N) is 1. The Morgan fingerprint density at radius 3 is 2.28 bits per heavy atom. The fourth-order valence-electron chi connectivity index (χ4n) is 0.914. The van der Waals surface area contributed by atoms with Crippen molar-refractivity contribution in [2.75, 3.05) is 5.73 Å². The van der Waals surface area contributed by atoms with Crippen LogP contribution in [0.25, 0.3) is 5.95 Å². The number of aromatic nitrogens is 4. The van der Waals surface area contributed by atoms with E-state index in [1.807, 2.05) is 27.7 Å². The Labute approximate surface area is 121 Å². The molecule has 2 heterocycles. The number of hydrogen-bond donors (Lipinski definition) is 1. The molecule has 0 unspecified atom stereocenters. The minimum Gasteiger partial charge on any atom is -0.383 e. The Balaban J connectivity index is 0.000000659. The van der Waals surface area contributed by atoms with Crippen LogP contribution in [0.2, 0.25) is 5.15 Å². The number of halogens is 2. The first-order chi connectivity index (χ1) is 8.68. The van der Waals surface area contributed by atoms with Crippen molar-refractivity contribution in [1.29, 1.82) is 0 Å². The third kappa shape index (κ3) is 4.27. The second-order valence-electron chi connectivity index (χ2n) is 2.46. The predicted octanol–water partition coefficient (Wildman–Crippen LogP) is 3.71. The van der Waals surface area contributed by atoms with Gasteiger partial charge in [0.05, 0.1) is 4.47 Å². The van der Waals surface area contributed by atoms with Crippen molar-refractivity contribution in [1.82, 2.24) is 19.7 Å². The Morgan fingerprint density at radius 2 is 1.83 bits per heavy atom. The van der Waals surface area contributed by atoms with Crippen molar-refractivity contribution in [3.63, 3.8) is 0 Å². The van der Waals surface area contributed by atoms with E-state index in [-0.39, 0.29) is 11.0 Å². The molecule has 0 amide bonds. The molecular weight excluding hydrogens is 318 g/mol. The number of nitrogen functional groups attached to an aromatic ring is 1. The monoisotopic (exact) mass is 333 g/mol. The van der Waals surface area contributed by atoms with Crippen LogP contribution in [-0.4, -0.2) is 19.7 Å². The molecule has 0 aliphatic rings. The van der Waals surface area contributed by atoms with Gasteiger partial charge in [0.2, 0.25) is 0 Å². The lowest BCUT2D eigenvalue weighted by Gasteiger charge is -2.03. The van der Waals surface area contributed by atoms with Gasteiger partial charge >= 0.3 is 0 Å². The molecule has 18 heavy (non-hydrogen) atoms. The fraction of sp³-hybridized carbons (Fsp3) is 0.364. The van der Waals surface area contributed by atoms with Crippen molar-refractivity contribution in [3.05, 3.63) is 28.1 Å². The number of rotatable bonds is 1. The van der Waals surface area contributed by atoms with Crippen LogP contribution in [0.5, 0.6) is 0 Å². The maximum absolute atomic E-state index is 5.82. The fourth-order valence-corrected chi connectivity index (χ4v) is 1.26. The summed E-state index contributed by atoms with van der Waals surface area (Å²) in [5.41, 5.74) is 5.60. The van der Waals surface area contributed by atoms with Crippen LogP contribution in [0.15, 0.2) is 22.9 Å². The van der Waals surface area contributed by atoms with Gasteiger partial charge in [0.15, 0.2) is 5.15 Å². The van der Waals surface area contributed by atoms with Gasteiger partial charge < -0.3 is 5.73 Å². The summed E-state index contributed by atoms with van der Waals surface area (Å²) in [6.45, 7) is 8.00. The average Bonchev–Trinajstić information content (AvgIpc) is 2.94. The lowest BCUT2D eigenvalue weighted by molar-refractivity contribution is 0.809. The standard InChI is InChI=1S/C7H5BrClN5.2C2H6/c8-4-5(9)12-7(13-6(4)10)14-3-1-2-11-14;2*1-2/h1-3H,(H2,10,12,13);2*1-2H3. The van der Waals surface area contributed by atoms with E-state index in [4.69, 9.17) is 17.3 Å². The van der Waals surface area contributed by atoms with Crippen molar-refractivity contribution in [2.24, 2.45) is 0 Å². The van der Waals surface area contributed by atoms with Gasteiger partial charge in [-0.25, -0.2) is 4.68 Å². The van der Waals surface area contributed by atoms with Crippen LogP contribution in [-0.2, 0) is 0 Å². The molecule has 0 atom stereocenters. The Kier molecular flexibility index (Phi) is 8.32. The van der Waals surface area contributed by atoms with Crippen LogP contribution in [0.4, 0.5) is 5.82 Å². The Morgan fingerprint density at radius 1 is 1.22 bits per heavy atom. The van der Waals surface area contributed by atoms with E-state index in [9.17, 15) is 0 Å². The van der Waals surface area contributed by atoms with Crippen LogP contribution >= 0.6 is 27.5 Å². The molecule has 0 bridgehead atoms. The van der Waals surface area contributed by atoms with Gasteiger partial charge in [-0.2, -0.15) is 15.1 Å². The summed E-state index contributed by atoms with van der Waals surface area (Å²) >= 11 is 8.98. The van der Waals surface area contributed by atoms with Crippen LogP contribution in [0, 0.1) is 0 Å². The van der Waals surface area contributed by atoms with Crippen LogP contribution < -0.4 is 5.73 Å². The number of hydrogen-bond acceptors (Lipinski definition) is 4. The molecule has 0 aromatic carbocycles. The van der Waals surface area contributed by atoms with E-state index >= 15 is 0 Å².